The van der Waals surface area contributed by atoms with E-state index in [1.54, 1.807) is 0 Å². The van der Waals surface area contributed by atoms with Crippen molar-refractivity contribution in [2.45, 2.75) is 32.1 Å². The van der Waals surface area contributed by atoms with Gasteiger partial charge in [-0.05, 0) is 43.2 Å². The first-order valence-corrected chi connectivity index (χ1v) is 5.51. The summed E-state index contributed by atoms with van der Waals surface area (Å²) in [4.78, 5) is 12.0. The third-order valence-electron chi connectivity index (χ3n) is 3.36. The summed E-state index contributed by atoms with van der Waals surface area (Å²) in [6, 6.07) is 6.23. The standard InChI is InChI=1S/C13H14O/c14-13(10-7-8-10)12-6-2-4-9-3-1-5-11(9)12/h2,4,6,10H,1,3,5,7-8H2. The molecule has 72 valence electrons. The van der Waals surface area contributed by atoms with Gasteiger partial charge in [0, 0.05) is 11.5 Å². The number of rotatable bonds is 2. The van der Waals surface area contributed by atoms with Crippen LogP contribution in [0.5, 0.6) is 0 Å². The van der Waals surface area contributed by atoms with Gasteiger partial charge in [-0.3, -0.25) is 4.79 Å². The summed E-state index contributed by atoms with van der Waals surface area (Å²) < 4.78 is 0. The molecular formula is C13H14O. The van der Waals surface area contributed by atoms with Gasteiger partial charge in [-0.25, -0.2) is 0 Å². The van der Waals surface area contributed by atoms with Gasteiger partial charge in [-0.2, -0.15) is 0 Å². The molecular weight excluding hydrogens is 172 g/mol. The van der Waals surface area contributed by atoms with Crippen LogP contribution in [0.4, 0.5) is 0 Å². The van der Waals surface area contributed by atoms with E-state index in [9.17, 15) is 4.79 Å². The quantitative estimate of drug-likeness (QED) is 0.649. The first-order chi connectivity index (χ1) is 6.86. The molecule has 0 unspecified atom stereocenters. The highest BCUT2D eigenvalue weighted by atomic mass is 16.1. The van der Waals surface area contributed by atoms with Crippen molar-refractivity contribution in [3.8, 4) is 0 Å². The second-order valence-electron chi connectivity index (χ2n) is 4.44. The SMILES string of the molecule is O=C(c1cccc2c1CCC2)C1CC1. The molecule has 1 aromatic rings. The molecule has 0 aromatic heterocycles. The van der Waals surface area contributed by atoms with Gasteiger partial charge in [0.15, 0.2) is 5.78 Å². The predicted molar refractivity (Wildman–Crippen MR) is 55.5 cm³/mol. The van der Waals surface area contributed by atoms with Gasteiger partial charge >= 0.3 is 0 Å². The van der Waals surface area contributed by atoms with Crippen molar-refractivity contribution in [1.29, 1.82) is 0 Å². The molecule has 1 aromatic carbocycles. The molecule has 2 aliphatic rings. The average molecular weight is 186 g/mol. The van der Waals surface area contributed by atoms with Crippen molar-refractivity contribution in [1.82, 2.24) is 0 Å². The lowest BCUT2D eigenvalue weighted by molar-refractivity contribution is 0.0967. The molecule has 3 rings (SSSR count). The minimum Gasteiger partial charge on any atom is -0.294 e. The van der Waals surface area contributed by atoms with E-state index in [2.05, 4.69) is 6.07 Å². The zero-order valence-corrected chi connectivity index (χ0v) is 8.25. The number of hydrogen-bond donors (Lipinski definition) is 0. The third-order valence-corrected chi connectivity index (χ3v) is 3.36. The maximum atomic E-state index is 12.0. The van der Waals surface area contributed by atoms with E-state index in [0.717, 1.165) is 24.8 Å². The summed E-state index contributed by atoms with van der Waals surface area (Å²) in [5, 5.41) is 0. The summed E-state index contributed by atoms with van der Waals surface area (Å²) in [6.07, 6.45) is 5.74. The molecule has 0 bridgehead atoms. The van der Waals surface area contributed by atoms with E-state index in [1.807, 2.05) is 12.1 Å². The largest absolute Gasteiger partial charge is 0.294 e. The highest BCUT2D eigenvalue weighted by molar-refractivity contribution is 6.00. The van der Waals surface area contributed by atoms with Gasteiger partial charge in [0.25, 0.3) is 0 Å². The Morgan fingerprint density at radius 1 is 1.21 bits per heavy atom. The lowest BCUT2D eigenvalue weighted by Crippen LogP contribution is -2.05. The number of carbonyl (C=O) groups excluding carboxylic acids is 1. The van der Waals surface area contributed by atoms with Crippen molar-refractivity contribution in [2.75, 3.05) is 0 Å². The Labute approximate surface area is 84.1 Å². The summed E-state index contributed by atoms with van der Waals surface area (Å²) in [5.74, 6) is 0.769. The van der Waals surface area contributed by atoms with Gasteiger partial charge in [0.2, 0.25) is 0 Å². The summed E-state index contributed by atoms with van der Waals surface area (Å²) >= 11 is 0. The van der Waals surface area contributed by atoms with Gasteiger partial charge in [0.05, 0.1) is 0 Å². The number of Topliss-reactive ketones (excluding diaryl/α,β-unsaturated/α-hetero) is 1. The van der Waals surface area contributed by atoms with Crippen LogP contribution in [0.2, 0.25) is 0 Å². The predicted octanol–water partition coefficient (Wildman–Crippen LogP) is 2.77. The maximum absolute atomic E-state index is 12.0. The first-order valence-electron chi connectivity index (χ1n) is 5.51. The first kappa shape index (κ1) is 8.22. The number of hydrogen-bond acceptors (Lipinski definition) is 1. The summed E-state index contributed by atoms with van der Waals surface area (Å²) in [7, 11) is 0. The molecule has 0 atom stereocenters. The fourth-order valence-corrected chi connectivity index (χ4v) is 2.42. The van der Waals surface area contributed by atoms with Crippen LogP contribution >= 0.6 is 0 Å². The monoisotopic (exact) mass is 186 g/mol. The Balaban J connectivity index is 2.04. The van der Waals surface area contributed by atoms with Gasteiger partial charge in [-0.1, -0.05) is 18.2 Å². The second kappa shape index (κ2) is 2.94. The molecule has 14 heavy (non-hydrogen) atoms. The van der Waals surface area contributed by atoms with Crippen LogP contribution in [-0.4, -0.2) is 5.78 Å². The minimum absolute atomic E-state index is 0.363. The molecule has 0 aliphatic heterocycles. The van der Waals surface area contributed by atoms with Crippen LogP contribution in [0.15, 0.2) is 18.2 Å². The third kappa shape index (κ3) is 1.19. The topological polar surface area (TPSA) is 17.1 Å². The number of ketones is 1. The van der Waals surface area contributed by atoms with Crippen molar-refractivity contribution in [3.05, 3.63) is 34.9 Å². The molecule has 1 saturated carbocycles. The van der Waals surface area contributed by atoms with Crippen LogP contribution in [0, 0.1) is 5.92 Å². The molecule has 0 radical (unpaired) electrons. The molecule has 1 nitrogen and oxygen atoms in total. The summed E-state index contributed by atoms with van der Waals surface area (Å²) in [5.41, 5.74) is 3.79. The maximum Gasteiger partial charge on any atom is 0.166 e. The van der Waals surface area contributed by atoms with Crippen LogP contribution in [0.1, 0.15) is 40.7 Å². The van der Waals surface area contributed by atoms with Gasteiger partial charge in [-0.15, -0.1) is 0 Å². The highest BCUT2D eigenvalue weighted by Crippen LogP contribution is 2.35. The Bertz CT molecular complexity index is 388. The molecule has 0 heterocycles. The Kier molecular flexibility index (Phi) is 1.73. The normalized spacial score (nSPS) is 19.4. The lowest BCUT2D eigenvalue weighted by atomic mass is 9.98. The molecule has 0 saturated heterocycles. The second-order valence-corrected chi connectivity index (χ2v) is 4.44. The Morgan fingerprint density at radius 2 is 2.07 bits per heavy atom. The number of carbonyl (C=O) groups is 1. The molecule has 0 amide bonds. The highest BCUT2D eigenvalue weighted by Gasteiger charge is 2.32. The Morgan fingerprint density at radius 3 is 2.86 bits per heavy atom. The van der Waals surface area contributed by atoms with Gasteiger partial charge < -0.3 is 0 Å². The van der Waals surface area contributed by atoms with Crippen LogP contribution < -0.4 is 0 Å². The van der Waals surface area contributed by atoms with Gasteiger partial charge in [0.1, 0.15) is 0 Å². The van der Waals surface area contributed by atoms with E-state index in [4.69, 9.17) is 0 Å². The van der Waals surface area contributed by atoms with Crippen LogP contribution in [0.3, 0.4) is 0 Å². The lowest BCUT2D eigenvalue weighted by Gasteiger charge is -2.05. The zero-order valence-electron chi connectivity index (χ0n) is 8.25. The fourth-order valence-electron chi connectivity index (χ4n) is 2.42. The number of fused-ring (bicyclic) bond motifs is 1. The van der Waals surface area contributed by atoms with E-state index >= 15 is 0 Å². The van der Waals surface area contributed by atoms with E-state index in [0.29, 0.717) is 11.7 Å². The van der Waals surface area contributed by atoms with Crippen molar-refractivity contribution >= 4 is 5.78 Å². The Hall–Kier alpha value is -1.11. The summed E-state index contributed by atoms with van der Waals surface area (Å²) in [6.45, 7) is 0. The van der Waals surface area contributed by atoms with E-state index < -0.39 is 0 Å². The molecule has 0 spiro atoms. The molecule has 1 heteroatoms. The zero-order chi connectivity index (χ0) is 9.54. The number of aryl methyl sites for hydroxylation is 1. The van der Waals surface area contributed by atoms with Crippen LogP contribution in [0.25, 0.3) is 0 Å². The van der Waals surface area contributed by atoms with Crippen molar-refractivity contribution < 1.29 is 4.79 Å². The molecule has 0 N–H and O–H groups in total. The van der Waals surface area contributed by atoms with E-state index in [-0.39, 0.29) is 0 Å². The minimum atomic E-state index is 0.363. The molecule has 1 fully saturated rings. The van der Waals surface area contributed by atoms with Crippen LogP contribution in [-0.2, 0) is 12.8 Å². The number of benzene rings is 1. The van der Waals surface area contributed by atoms with E-state index in [1.165, 1.54) is 24.0 Å². The molecule has 2 aliphatic carbocycles. The smallest absolute Gasteiger partial charge is 0.166 e. The fraction of sp³-hybridized carbons (Fsp3) is 0.462. The average Bonchev–Trinajstić information content (AvgIpc) is 2.94. The van der Waals surface area contributed by atoms with Crippen molar-refractivity contribution in [3.63, 3.8) is 0 Å². The van der Waals surface area contributed by atoms with Crippen molar-refractivity contribution in [2.24, 2.45) is 5.92 Å².